The summed E-state index contributed by atoms with van der Waals surface area (Å²) < 4.78 is 39.3. The smallest absolute Gasteiger partial charge is 0.265 e. The fourth-order valence-electron chi connectivity index (χ4n) is 3.07. The number of ether oxygens (including phenoxy) is 2. The van der Waals surface area contributed by atoms with E-state index in [4.69, 9.17) is 13.7 Å². The molecule has 8 heteroatoms. The molecule has 7 nitrogen and oxygen atoms in total. The second kappa shape index (κ2) is 6.11. The molecule has 3 atom stereocenters. The fraction of sp³-hybridized carbons (Fsp3) is 0.562. The quantitative estimate of drug-likeness (QED) is 0.576. The highest BCUT2D eigenvalue weighted by Gasteiger charge is 2.56. The second-order valence-corrected chi connectivity index (χ2v) is 8.13. The molecule has 0 N–H and O–H groups in total. The molecule has 1 aromatic rings. The Balaban J connectivity index is 1.81. The largest absolute Gasteiger partial charge is 0.348 e. The number of β-lactam (4-membered cyclic amide) rings is 1. The standard InChI is InChI=1S/C16H21NO6S/c1-16(2)21-10-12(22-16)13-14(23-24(3,19)20)15(18)17(13)9-11-7-5-4-6-8-11/h4-8,12-14H,9-10H2,1-3H3/t12-,13+,14-/m1/s1. The Morgan fingerprint density at radius 3 is 2.50 bits per heavy atom. The monoisotopic (exact) mass is 355 g/mol. The highest BCUT2D eigenvalue weighted by atomic mass is 32.2. The van der Waals surface area contributed by atoms with Gasteiger partial charge in [-0.15, -0.1) is 0 Å². The van der Waals surface area contributed by atoms with E-state index >= 15 is 0 Å². The van der Waals surface area contributed by atoms with E-state index in [2.05, 4.69) is 0 Å². The first-order valence-electron chi connectivity index (χ1n) is 7.71. The predicted molar refractivity (Wildman–Crippen MR) is 85.4 cm³/mol. The van der Waals surface area contributed by atoms with Crippen molar-refractivity contribution >= 4 is 16.0 Å². The van der Waals surface area contributed by atoms with Gasteiger partial charge in [-0.2, -0.15) is 8.42 Å². The summed E-state index contributed by atoms with van der Waals surface area (Å²) in [5.74, 6) is -1.13. The average molecular weight is 355 g/mol. The highest BCUT2D eigenvalue weighted by molar-refractivity contribution is 7.86. The van der Waals surface area contributed by atoms with Crippen molar-refractivity contribution in [3.63, 3.8) is 0 Å². The van der Waals surface area contributed by atoms with Gasteiger partial charge in [0, 0.05) is 6.54 Å². The fourth-order valence-corrected chi connectivity index (χ4v) is 3.64. The van der Waals surface area contributed by atoms with Gasteiger partial charge in [0.2, 0.25) is 0 Å². The molecule has 0 saturated carbocycles. The normalized spacial score (nSPS) is 29.5. The third kappa shape index (κ3) is 3.61. The first-order chi connectivity index (χ1) is 11.2. The molecular weight excluding hydrogens is 334 g/mol. The van der Waals surface area contributed by atoms with Crippen molar-refractivity contribution in [1.82, 2.24) is 4.90 Å². The maximum Gasteiger partial charge on any atom is 0.265 e. The summed E-state index contributed by atoms with van der Waals surface area (Å²) in [5.41, 5.74) is 0.951. The van der Waals surface area contributed by atoms with Gasteiger partial charge in [0.15, 0.2) is 11.9 Å². The molecule has 0 spiro atoms. The lowest BCUT2D eigenvalue weighted by Gasteiger charge is -2.48. The number of amides is 1. The molecule has 0 unspecified atom stereocenters. The van der Waals surface area contributed by atoms with Gasteiger partial charge in [0.25, 0.3) is 16.0 Å². The van der Waals surface area contributed by atoms with E-state index in [1.165, 1.54) is 0 Å². The van der Waals surface area contributed by atoms with E-state index in [0.29, 0.717) is 6.54 Å². The minimum atomic E-state index is -3.75. The van der Waals surface area contributed by atoms with E-state index in [1.54, 1.807) is 18.7 Å². The molecule has 1 amide bonds. The van der Waals surface area contributed by atoms with E-state index in [1.807, 2.05) is 30.3 Å². The van der Waals surface area contributed by atoms with Crippen molar-refractivity contribution < 1.29 is 26.9 Å². The lowest BCUT2D eigenvalue weighted by molar-refractivity contribution is -0.187. The summed E-state index contributed by atoms with van der Waals surface area (Å²) >= 11 is 0. The van der Waals surface area contributed by atoms with Crippen LogP contribution in [0.5, 0.6) is 0 Å². The molecule has 0 bridgehead atoms. The van der Waals surface area contributed by atoms with Crippen molar-refractivity contribution in [2.45, 2.75) is 44.4 Å². The maximum absolute atomic E-state index is 12.4. The molecule has 24 heavy (non-hydrogen) atoms. The van der Waals surface area contributed by atoms with Crippen molar-refractivity contribution in [1.29, 1.82) is 0 Å². The summed E-state index contributed by atoms with van der Waals surface area (Å²) in [6, 6.07) is 8.98. The first-order valence-corrected chi connectivity index (χ1v) is 9.52. The first kappa shape index (κ1) is 17.3. The van der Waals surface area contributed by atoms with Gasteiger partial charge in [-0.05, 0) is 19.4 Å². The van der Waals surface area contributed by atoms with Crippen LogP contribution in [-0.4, -0.2) is 56.1 Å². The van der Waals surface area contributed by atoms with Gasteiger partial charge < -0.3 is 14.4 Å². The zero-order chi connectivity index (χ0) is 17.5. The number of carbonyl (C=O) groups excluding carboxylic acids is 1. The van der Waals surface area contributed by atoms with Crippen molar-refractivity contribution in [3.05, 3.63) is 35.9 Å². The Bertz CT molecular complexity index is 717. The van der Waals surface area contributed by atoms with Gasteiger partial charge in [-0.3, -0.25) is 8.98 Å². The Kier molecular flexibility index (Phi) is 4.41. The van der Waals surface area contributed by atoms with Gasteiger partial charge in [-0.25, -0.2) is 0 Å². The van der Waals surface area contributed by atoms with E-state index in [9.17, 15) is 13.2 Å². The summed E-state index contributed by atoms with van der Waals surface area (Å²) in [6.07, 6.45) is -0.563. The molecule has 2 aliphatic heterocycles. The molecule has 132 valence electrons. The summed E-state index contributed by atoms with van der Waals surface area (Å²) in [7, 11) is -3.75. The minimum Gasteiger partial charge on any atom is -0.348 e. The van der Waals surface area contributed by atoms with Gasteiger partial charge in [0.05, 0.1) is 18.9 Å². The predicted octanol–water partition coefficient (Wildman–Crippen LogP) is 0.894. The Hall–Kier alpha value is -1.48. The number of hydrogen-bond donors (Lipinski definition) is 0. The third-order valence-electron chi connectivity index (χ3n) is 4.08. The van der Waals surface area contributed by atoms with Crippen LogP contribution in [0.15, 0.2) is 30.3 Å². The van der Waals surface area contributed by atoms with Crippen LogP contribution < -0.4 is 0 Å². The van der Waals surface area contributed by atoms with Crippen LogP contribution in [-0.2, 0) is 35.1 Å². The van der Waals surface area contributed by atoms with Crippen LogP contribution in [0.25, 0.3) is 0 Å². The molecule has 1 aromatic carbocycles. The van der Waals surface area contributed by atoms with Crippen molar-refractivity contribution in [3.8, 4) is 0 Å². The van der Waals surface area contributed by atoms with E-state index in [-0.39, 0.29) is 12.5 Å². The summed E-state index contributed by atoms with van der Waals surface area (Å²) in [5, 5.41) is 0. The molecule has 2 saturated heterocycles. The highest BCUT2D eigenvalue weighted by Crippen LogP contribution is 2.35. The maximum atomic E-state index is 12.4. The third-order valence-corrected chi connectivity index (χ3v) is 4.64. The van der Waals surface area contributed by atoms with Gasteiger partial charge in [0.1, 0.15) is 6.10 Å². The van der Waals surface area contributed by atoms with E-state index in [0.717, 1.165) is 11.8 Å². The molecule has 2 heterocycles. The van der Waals surface area contributed by atoms with Crippen LogP contribution in [0, 0.1) is 0 Å². The molecule has 2 aliphatic rings. The molecule has 3 rings (SSSR count). The Morgan fingerprint density at radius 1 is 1.29 bits per heavy atom. The number of benzene rings is 1. The van der Waals surface area contributed by atoms with Gasteiger partial charge in [-0.1, -0.05) is 30.3 Å². The number of carbonyl (C=O) groups is 1. The number of nitrogens with zero attached hydrogens (tertiary/aromatic N) is 1. The SMILES string of the molecule is CC1(C)OC[C@H]([C@H]2[C@@H](OS(C)(=O)=O)C(=O)N2Cc2ccccc2)O1. The molecular formula is C16H21NO6S. The van der Waals surface area contributed by atoms with Crippen LogP contribution in [0.4, 0.5) is 0 Å². The zero-order valence-electron chi connectivity index (χ0n) is 13.8. The number of likely N-dealkylation sites (tertiary alicyclic amines) is 1. The number of hydrogen-bond acceptors (Lipinski definition) is 6. The molecule has 0 aliphatic carbocycles. The van der Waals surface area contributed by atoms with Crippen LogP contribution in [0.2, 0.25) is 0 Å². The lowest BCUT2D eigenvalue weighted by atomic mass is 9.92. The Morgan fingerprint density at radius 2 is 1.96 bits per heavy atom. The molecule has 0 aromatic heterocycles. The van der Waals surface area contributed by atoms with Gasteiger partial charge >= 0.3 is 0 Å². The zero-order valence-corrected chi connectivity index (χ0v) is 14.7. The second-order valence-electron chi connectivity index (χ2n) is 6.53. The molecule has 0 radical (unpaired) electrons. The number of rotatable bonds is 5. The summed E-state index contributed by atoms with van der Waals surface area (Å²) in [4.78, 5) is 14.0. The lowest BCUT2D eigenvalue weighted by Crippen LogP contribution is -2.70. The van der Waals surface area contributed by atoms with Crippen LogP contribution in [0.3, 0.4) is 0 Å². The Labute approximate surface area is 141 Å². The van der Waals surface area contributed by atoms with Crippen molar-refractivity contribution in [2.75, 3.05) is 12.9 Å². The van der Waals surface area contributed by atoms with Crippen LogP contribution in [0.1, 0.15) is 19.4 Å². The summed E-state index contributed by atoms with van der Waals surface area (Å²) in [6.45, 7) is 4.21. The topological polar surface area (TPSA) is 82.1 Å². The van der Waals surface area contributed by atoms with Crippen LogP contribution >= 0.6 is 0 Å². The average Bonchev–Trinajstić information content (AvgIpc) is 2.85. The van der Waals surface area contributed by atoms with Crippen molar-refractivity contribution in [2.24, 2.45) is 0 Å². The minimum absolute atomic E-state index is 0.278. The van der Waals surface area contributed by atoms with E-state index < -0.39 is 34.2 Å². The molecule has 2 fully saturated rings.